The summed E-state index contributed by atoms with van der Waals surface area (Å²) in [5, 5.41) is 61.4. The molecule has 7 N–H and O–H groups in total. The van der Waals surface area contributed by atoms with Crippen LogP contribution in [-0.2, 0) is 19.0 Å². The molecule has 10 atom stereocenters. The minimum Gasteiger partial charge on any atom is -0.394 e. The molecule has 2 rings (SSSR count). The van der Waals surface area contributed by atoms with Gasteiger partial charge in [-0.15, -0.1) is 0 Å². The molecule has 0 saturated carbocycles. The van der Waals surface area contributed by atoms with E-state index in [2.05, 4.69) is 5.32 Å². The predicted molar refractivity (Wildman–Crippen MR) is 83.7 cm³/mol. The molecule has 2 heterocycles. The van der Waals surface area contributed by atoms with E-state index < -0.39 is 80.3 Å². The van der Waals surface area contributed by atoms with Crippen LogP contribution in [0.5, 0.6) is 0 Å². The van der Waals surface area contributed by atoms with Crippen LogP contribution < -0.4 is 5.32 Å². The van der Waals surface area contributed by atoms with Crippen molar-refractivity contribution in [3.8, 4) is 0 Å². The van der Waals surface area contributed by atoms with E-state index in [1.54, 1.807) is 6.92 Å². The predicted octanol–water partition coefficient (Wildman–Crippen LogP) is -4.18. The molecule has 0 aromatic carbocycles. The Morgan fingerprint density at radius 2 is 1.50 bits per heavy atom. The summed E-state index contributed by atoms with van der Waals surface area (Å²) in [7, 11) is 0. The molecular formula is C15H27NO10. The standard InChI is InChI=1S/C15H27NO10/c1-5-14(13(23)11(21)7(3-17)24-5)26-15-9(16-6(2)19)12(22)10(20)8(4-18)25-15/h5,7-15,17-18,20-23H,3-4H2,1-2H3,(H,16,19)/t5?,7?,8-,9?,10+,11+,12?,13-,14-,15-/m0/s1. The third kappa shape index (κ3) is 4.32. The number of hydrogen-bond acceptors (Lipinski definition) is 10. The first-order valence-electron chi connectivity index (χ1n) is 8.38. The Morgan fingerprint density at radius 1 is 0.962 bits per heavy atom. The highest BCUT2D eigenvalue weighted by Crippen LogP contribution is 2.29. The minimum atomic E-state index is -1.50. The van der Waals surface area contributed by atoms with E-state index in [4.69, 9.17) is 14.2 Å². The van der Waals surface area contributed by atoms with Crippen molar-refractivity contribution in [2.24, 2.45) is 0 Å². The monoisotopic (exact) mass is 381 g/mol. The topological polar surface area (TPSA) is 178 Å². The van der Waals surface area contributed by atoms with Crippen molar-refractivity contribution in [2.75, 3.05) is 13.2 Å². The van der Waals surface area contributed by atoms with Crippen molar-refractivity contribution in [1.29, 1.82) is 0 Å². The zero-order chi connectivity index (χ0) is 19.6. The van der Waals surface area contributed by atoms with Gasteiger partial charge in [0.15, 0.2) is 6.29 Å². The average molecular weight is 381 g/mol. The lowest BCUT2D eigenvalue weighted by molar-refractivity contribution is -0.320. The molecule has 2 aliphatic rings. The lowest BCUT2D eigenvalue weighted by Crippen LogP contribution is -2.67. The number of aliphatic hydroxyl groups is 6. The summed E-state index contributed by atoms with van der Waals surface area (Å²) in [5.41, 5.74) is 0. The van der Waals surface area contributed by atoms with Gasteiger partial charge in [0.25, 0.3) is 0 Å². The first-order valence-corrected chi connectivity index (χ1v) is 8.38. The molecule has 4 unspecified atom stereocenters. The van der Waals surface area contributed by atoms with Crippen LogP contribution in [0, 0.1) is 0 Å². The van der Waals surface area contributed by atoms with Crippen LogP contribution in [0.15, 0.2) is 0 Å². The molecule has 11 heteroatoms. The van der Waals surface area contributed by atoms with Gasteiger partial charge in [-0.05, 0) is 6.92 Å². The Labute approximate surface area is 150 Å². The van der Waals surface area contributed by atoms with Crippen molar-refractivity contribution in [3.05, 3.63) is 0 Å². The first-order chi connectivity index (χ1) is 12.2. The lowest BCUT2D eigenvalue weighted by atomic mass is 9.94. The van der Waals surface area contributed by atoms with Crippen molar-refractivity contribution in [1.82, 2.24) is 5.32 Å². The maximum absolute atomic E-state index is 11.4. The molecule has 0 aromatic heterocycles. The molecule has 0 bridgehead atoms. The molecule has 0 spiro atoms. The number of hydrogen-bond donors (Lipinski definition) is 7. The zero-order valence-corrected chi connectivity index (χ0v) is 14.5. The molecule has 2 saturated heterocycles. The van der Waals surface area contributed by atoms with Crippen LogP contribution in [-0.4, -0.2) is 111 Å². The Bertz CT molecular complexity index is 479. The summed E-state index contributed by atoms with van der Waals surface area (Å²) in [6.07, 6.45) is -11.2. The summed E-state index contributed by atoms with van der Waals surface area (Å²) in [5.74, 6) is -0.519. The number of ether oxygens (including phenoxy) is 3. The molecule has 0 radical (unpaired) electrons. The van der Waals surface area contributed by atoms with Gasteiger partial charge in [-0.3, -0.25) is 4.79 Å². The minimum absolute atomic E-state index is 0.499. The number of carbonyl (C=O) groups excluding carboxylic acids is 1. The van der Waals surface area contributed by atoms with Gasteiger partial charge in [-0.1, -0.05) is 0 Å². The molecule has 2 aliphatic heterocycles. The molecule has 11 nitrogen and oxygen atoms in total. The SMILES string of the molecule is CC(=O)NC1C(O)[C@H](O)[C@H](CO)O[C@H]1O[C@H]1C(C)OC(CO)[C@@H](O)[C@@H]1O. The fourth-order valence-electron chi connectivity index (χ4n) is 3.21. The van der Waals surface area contributed by atoms with Gasteiger partial charge < -0.3 is 50.2 Å². The largest absolute Gasteiger partial charge is 0.394 e. The summed E-state index contributed by atoms with van der Waals surface area (Å²) >= 11 is 0. The van der Waals surface area contributed by atoms with E-state index in [0.717, 1.165) is 0 Å². The lowest BCUT2D eigenvalue weighted by Gasteiger charge is -2.46. The van der Waals surface area contributed by atoms with Crippen LogP contribution >= 0.6 is 0 Å². The Morgan fingerprint density at radius 3 is 2.04 bits per heavy atom. The van der Waals surface area contributed by atoms with Crippen LogP contribution in [0.3, 0.4) is 0 Å². The van der Waals surface area contributed by atoms with Crippen LogP contribution in [0.25, 0.3) is 0 Å². The van der Waals surface area contributed by atoms with Gasteiger partial charge in [0, 0.05) is 6.92 Å². The van der Waals surface area contributed by atoms with Gasteiger partial charge >= 0.3 is 0 Å². The third-order valence-corrected chi connectivity index (χ3v) is 4.64. The average Bonchev–Trinajstić information content (AvgIpc) is 2.60. The van der Waals surface area contributed by atoms with Crippen molar-refractivity contribution >= 4 is 5.91 Å². The van der Waals surface area contributed by atoms with E-state index in [0.29, 0.717) is 0 Å². The fourth-order valence-corrected chi connectivity index (χ4v) is 3.21. The summed E-state index contributed by atoms with van der Waals surface area (Å²) in [6, 6.07) is -1.18. The van der Waals surface area contributed by atoms with Crippen LogP contribution in [0.1, 0.15) is 13.8 Å². The molecule has 2 fully saturated rings. The Kier molecular flexibility index (Phi) is 7.30. The summed E-state index contributed by atoms with van der Waals surface area (Å²) in [4.78, 5) is 11.4. The van der Waals surface area contributed by atoms with E-state index >= 15 is 0 Å². The zero-order valence-electron chi connectivity index (χ0n) is 14.5. The van der Waals surface area contributed by atoms with E-state index in [9.17, 15) is 35.4 Å². The van der Waals surface area contributed by atoms with Crippen LogP contribution in [0.2, 0.25) is 0 Å². The molecule has 0 aromatic rings. The van der Waals surface area contributed by atoms with E-state index in [1.165, 1.54) is 6.92 Å². The Balaban J connectivity index is 2.18. The normalized spacial score (nSPS) is 46.8. The van der Waals surface area contributed by atoms with Gasteiger partial charge in [-0.2, -0.15) is 0 Å². The maximum atomic E-state index is 11.4. The van der Waals surface area contributed by atoms with Gasteiger partial charge in [0.2, 0.25) is 5.91 Å². The quantitative estimate of drug-likeness (QED) is 0.247. The Hall–Kier alpha value is -0.890. The molecular weight excluding hydrogens is 354 g/mol. The molecule has 152 valence electrons. The first kappa shape index (κ1) is 21.4. The molecule has 0 aliphatic carbocycles. The number of nitrogens with one attached hydrogen (secondary N) is 1. The van der Waals surface area contributed by atoms with E-state index in [-0.39, 0.29) is 0 Å². The maximum Gasteiger partial charge on any atom is 0.217 e. The number of rotatable bonds is 5. The van der Waals surface area contributed by atoms with E-state index in [1.807, 2.05) is 0 Å². The van der Waals surface area contributed by atoms with Crippen molar-refractivity contribution < 1.29 is 49.6 Å². The summed E-state index contributed by atoms with van der Waals surface area (Å²) in [6.45, 7) is 1.64. The molecule has 26 heavy (non-hydrogen) atoms. The number of amides is 1. The van der Waals surface area contributed by atoms with Gasteiger partial charge in [0.05, 0.1) is 19.3 Å². The second-order valence-corrected chi connectivity index (χ2v) is 6.58. The van der Waals surface area contributed by atoms with Gasteiger partial charge in [-0.25, -0.2) is 0 Å². The number of aliphatic hydroxyl groups excluding tert-OH is 6. The van der Waals surface area contributed by atoms with Crippen molar-refractivity contribution in [3.63, 3.8) is 0 Å². The second-order valence-electron chi connectivity index (χ2n) is 6.58. The highest BCUT2D eigenvalue weighted by Gasteiger charge is 2.50. The van der Waals surface area contributed by atoms with Crippen LogP contribution in [0.4, 0.5) is 0 Å². The number of carbonyl (C=O) groups is 1. The smallest absolute Gasteiger partial charge is 0.217 e. The highest BCUT2D eigenvalue weighted by atomic mass is 16.7. The van der Waals surface area contributed by atoms with Crippen molar-refractivity contribution in [2.45, 2.75) is 75.0 Å². The second kappa shape index (κ2) is 8.87. The highest BCUT2D eigenvalue weighted by molar-refractivity contribution is 5.73. The summed E-state index contributed by atoms with van der Waals surface area (Å²) < 4.78 is 16.5. The fraction of sp³-hybridized carbons (Fsp3) is 0.933. The van der Waals surface area contributed by atoms with Gasteiger partial charge in [0.1, 0.15) is 48.8 Å². The third-order valence-electron chi connectivity index (χ3n) is 4.64. The molecule has 1 amide bonds.